The minimum atomic E-state index is 0.800. The van der Waals surface area contributed by atoms with Crippen molar-refractivity contribution < 1.29 is 0 Å². The smallest absolute Gasteiger partial charge is 0.138 e. The fraction of sp³-hybridized carbons (Fsp3) is 0.0952. The van der Waals surface area contributed by atoms with Crippen LogP contribution in [-0.4, -0.2) is 17.0 Å². The lowest BCUT2D eigenvalue weighted by molar-refractivity contribution is 1.15. The Morgan fingerprint density at radius 3 is 2.28 bits per heavy atom. The lowest BCUT2D eigenvalue weighted by atomic mass is 10.1. The Morgan fingerprint density at radius 1 is 0.840 bits per heavy atom. The van der Waals surface area contributed by atoms with Gasteiger partial charge in [0.2, 0.25) is 0 Å². The summed E-state index contributed by atoms with van der Waals surface area (Å²) in [6, 6.07) is 24.9. The number of para-hydroxylation sites is 2. The van der Waals surface area contributed by atoms with Crippen LogP contribution in [0.15, 0.2) is 72.8 Å². The number of imidazole rings is 1. The van der Waals surface area contributed by atoms with E-state index in [-0.39, 0.29) is 0 Å². The van der Waals surface area contributed by atoms with E-state index in [0.29, 0.717) is 0 Å². The molecule has 4 aromatic rings. The predicted octanol–water partition coefficient (Wildman–Crippen LogP) is 4.88. The molecule has 3 N–H and O–H groups in total. The Kier molecular flexibility index (Phi) is 4.09. The van der Waals surface area contributed by atoms with Crippen LogP contribution in [0.25, 0.3) is 22.4 Å². The Hall–Kier alpha value is -3.27. The summed E-state index contributed by atoms with van der Waals surface area (Å²) in [6.07, 6.45) is 0. The quantitative estimate of drug-likeness (QED) is 0.489. The fourth-order valence-electron chi connectivity index (χ4n) is 2.83. The number of H-pyrrole nitrogens is 1. The molecule has 0 saturated heterocycles. The third-order valence-electron chi connectivity index (χ3n) is 4.29. The molecule has 0 aliphatic heterocycles. The van der Waals surface area contributed by atoms with Gasteiger partial charge in [0.15, 0.2) is 0 Å². The van der Waals surface area contributed by atoms with Crippen molar-refractivity contribution in [3.63, 3.8) is 0 Å². The monoisotopic (exact) mass is 328 g/mol. The Balaban J connectivity index is 1.45. The zero-order chi connectivity index (χ0) is 17.1. The number of benzene rings is 3. The van der Waals surface area contributed by atoms with Gasteiger partial charge in [-0.2, -0.15) is 0 Å². The Labute approximate surface area is 146 Å². The van der Waals surface area contributed by atoms with E-state index >= 15 is 0 Å². The van der Waals surface area contributed by atoms with Gasteiger partial charge in [0.05, 0.1) is 11.0 Å². The van der Waals surface area contributed by atoms with Crippen LogP contribution in [0.2, 0.25) is 0 Å². The molecule has 0 aliphatic rings. The average Bonchev–Trinajstić information content (AvgIpc) is 3.11. The number of fused-ring (bicyclic) bond motifs is 1. The first-order valence-corrected chi connectivity index (χ1v) is 8.37. The highest BCUT2D eigenvalue weighted by Gasteiger charge is 2.04. The second-order valence-electron chi connectivity index (χ2n) is 5.98. The van der Waals surface area contributed by atoms with Gasteiger partial charge in [-0.1, -0.05) is 24.3 Å². The van der Waals surface area contributed by atoms with Crippen LogP contribution in [0.1, 0.15) is 5.56 Å². The van der Waals surface area contributed by atoms with Gasteiger partial charge in [0.1, 0.15) is 5.82 Å². The zero-order valence-electron chi connectivity index (χ0n) is 14.1. The van der Waals surface area contributed by atoms with Crippen LogP contribution in [0.5, 0.6) is 0 Å². The molecule has 0 saturated carbocycles. The summed E-state index contributed by atoms with van der Waals surface area (Å²) in [6.45, 7) is 0.800. The Bertz CT molecular complexity index is 936. The first kappa shape index (κ1) is 15.3. The predicted molar refractivity (Wildman–Crippen MR) is 105 cm³/mol. The molecule has 1 aromatic heterocycles. The van der Waals surface area contributed by atoms with Crippen molar-refractivity contribution in [2.45, 2.75) is 6.54 Å². The zero-order valence-corrected chi connectivity index (χ0v) is 14.1. The SMILES string of the molecule is CNc1ccc(CNc2ccc(-c3nc4ccccc4[nH]3)cc2)cc1. The molecule has 0 aliphatic carbocycles. The van der Waals surface area contributed by atoms with Gasteiger partial charge in [0, 0.05) is 30.5 Å². The molecule has 4 rings (SSSR count). The van der Waals surface area contributed by atoms with E-state index in [2.05, 4.69) is 69.1 Å². The third-order valence-corrected chi connectivity index (χ3v) is 4.29. The maximum absolute atomic E-state index is 4.64. The number of rotatable bonds is 5. The maximum Gasteiger partial charge on any atom is 0.138 e. The molecule has 0 radical (unpaired) electrons. The third kappa shape index (κ3) is 3.33. The lowest BCUT2D eigenvalue weighted by Gasteiger charge is -2.08. The van der Waals surface area contributed by atoms with Crippen molar-refractivity contribution in [3.8, 4) is 11.4 Å². The number of anilines is 2. The highest BCUT2D eigenvalue weighted by Crippen LogP contribution is 2.22. The van der Waals surface area contributed by atoms with Crippen LogP contribution < -0.4 is 10.6 Å². The van der Waals surface area contributed by atoms with Crippen molar-refractivity contribution >= 4 is 22.4 Å². The summed E-state index contributed by atoms with van der Waals surface area (Å²) in [5, 5.41) is 6.58. The van der Waals surface area contributed by atoms with E-state index in [9.17, 15) is 0 Å². The van der Waals surface area contributed by atoms with Crippen molar-refractivity contribution in [2.24, 2.45) is 0 Å². The second kappa shape index (κ2) is 6.69. The number of hydrogen-bond donors (Lipinski definition) is 3. The van der Waals surface area contributed by atoms with E-state index in [1.807, 2.05) is 31.3 Å². The van der Waals surface area contributed by atoms with E-state index < -0.39 is 0 Å². The van der Waals surface area contributed by atoms with Crippen LogP contribution in [0, 0.1) is 0 Å². The number of aromatic amines is 1. The first-order chi connectivity index (χ1) is 12.3. The van der Waals surface area contributed by atoms with Crippen molar-refractivity contribution in [1.82, 2.24) is 9.97 Å². The largest absolute Gasteiger partial charge is 0.388 e. The molecule has 124 valence electrons. The van der Waals surface area contributed by atoms with Gasteiger partial charge in [-0.05, 0) is 54.1 Å². The standard InChI is InChI=1S/C21H20N4/c1-22-17-10-6-15(7-11-17)14-23-18-12-8-16(9-13-18)21-24-19-4-2-3-5-20(19)25-21/h2-13,22-23H,14H2,1H3,(H,24,25). The normalized spacial score (nSPS) is 10.8. The lowest BCUT2D eigenvalue weighted by Crippen LogP contribution is -1.99. The summed E-state index contributed by atoms with van der Waals surface area (Å²) in [5.41, 5.74) is 6.60. The van der Waals surface area contributed by atoms with Crippen molar-refractivity contribution in [3.05, 3.63) is 78.4 Å². The molecule has 4 heteroatoms. The summed E-state index contributed by atoms with van der Waals surface area (Å²) < 4.78 is 0. The molecule has 3 aromatic carbocycles. The topological polar surface area (TPSA) is 52.7 Å². The highest BCUT2D eigenvalue weighted by molar-refractivity contribution is 5.79. The van der Waals surface area contributed by atoms with Gasteiger partial charge in [-0.15, -0.1) is 0 Å². The van der Waals surface area contributed by atoms with Gasteiger partial charge in [0.25, 0.3) is 0 Å². The summed E-state index contributed by atoms with van der Waals surface area (Å²) in [4.78, 5) is 8.00. The molecule has 25 heavy (non-hydrogen) atoms. The fourth-order valence-corrected chi connectivity index (χ4v) is 2.83. The number of aromatic nitrogens is 2. The van der Waals surface area contributed by atoms with Crippen LogP contribution in [-0.2, 0) is 6.54 Å². The molecule has 0 atom stereocenters. The summed E-state index contributed by atoms with van der Waals surface area (Å²) >= 11 is 0. The minimum absolute atomic E-state index is 0.800. The van der Waals surface area contributed by atoms with Crippen molar-refractivity contribution in [2.75, 3.05) is 17.7 Å². The van der Waals surface area contributed by atoms with Crippen LogP contribution >= 0.6 is 0 Å². The number of nitrogens with one attached hydrogen (secondary N) is 3. The van der Waals surface area contributed by atoms with E-state index in [1.165, 1.54) is 5.56 Å². The highest BCUT2D eigenvalue weighted by atomic mass is 14.9. The van der Waals surface area contributed by atoms with E-state index in [4.69, 9.17) is 0 Å². The van der Waals surface area contributed by atoms with E-state index in [0.717, 1.165) is 40.3 Å². The Morgan fingerprint density at radius 2 is 1.56 bits per heavy atom. The van der Waals surface area contributed by atoms with Crippen LogP contribution in [0.4, 0.5) is 11.4 Å². The second-order valence-corrected chi connectivity index (χ2v) is 5.98. The first-order valence-electron chi connectivity index (χ1n) is 8.37. The molecular formula is C21H20N4. The van der Waals surface area contributed by atoms with Gasteiger partial charge < -0.3 is 15.6 Å². The van der Waals surface area contributed by atoms with Gasteiger partial charge in [-0.3, -0.25) is 0 Å². The molecular weight excluding hydrogens is 308 g/mol. The molecule has 0 bridgehead atoms. The van der Waals surface area contributed by atoms with Crippen LogP contribution in [0.3, 0.4) is 0 Å². The van der Waals surface area contributed by atoms with Gasteiger partial charge in [-0.25, -0.2) is 4.98 Å². The van der Waals surface area contributed by atoms with Gasteiger partial charge >= 0.3 is 0 Å². The molecule has 0 amide bonds. The number of hydrogen-bond acceptors (Lipinski definition) is 3. The molecule has 0 unspecified atom stereocenters. The number of nitrogens with zero attached hydrogens (tertiary/aromatic N) is 1. The molecule has 1 heterocycles. The molecule has 0 fully saturated rings. The van der Waals surface area contributed by atoms with E-state index in [1.54, 1.807) is 0 Å². The summed E-state index contributed by atoms with van der Waals surface area (Å²) in [7, 11) is 1.93. The maximum atomic E-state index is 4.64. The molecule has 0 spiro atoms. The van der Waals surface area contributed by atoms with Crippen molar-refractivity contribution in [1.29, 1.82) is 0 Å². The summed E-state index contributed by atoms with van der Waals surface area (Å²) in [5.74, 6) is 0.899. The average molecular weight is 328 g/mol. The minimum Gasteiger partial charge on any atom is -0.388 e. The molecule has 4 nitrogen and oxygen atoms in total.